The zero-order chi connectivity index (χ0) is 20.7. The van der Waals surface area contributed by atoms with Gasteiger partial charge in [0.15, 0.2) is 18.0 Å². The number of carbonyl (C=O) groups excluding carboxylic acids is 3. The van der Waals surface area contributed by atoms with Gasteiger partial charge in [0.1, 0.15) is 5.75 Å². The number of nitrogens with one attached hydrogen (secondary N) is 1. The first-order chi connectivity index (χ1) is 13.3. The summed E-state index contributed by atoms with van der Waals surface area (Å²) in [7, 11) is 0. The number of ether oxygens (including phenoxy) is 2. The lowest BCUT2D eigenvalue weighted by Crippen LogP contribution is -2.35. The maximum Gasteiger partial charge on any atom is 0.347 e. The summed E-state index contributed by atoms with van der Waals surface area (Å²) in [6.45, 7) is 4.32. The predicted molar refractivity (Wildman–Crippen MR) is 102 cm³/mol. The molecule has 0 spiro atoms. The van der Waals surface area contributed by atoms with Crippen LogP contribution in [-0.2, 0) is 14.3 Å². The Morgan fingerprint density at radius 2 is 1.64 bits per heavy atom. The molecule has 0 saturated carbocycles. The zero-order valence-corrected chi connectivity index (χ0v) is 15.8. The summed E-state index contributed by atoms with van der Waals surface area (Å²) in [5.41, 5.74) is 1.19. The summed E-state index contributed by atoms with van der Waals surface area (Å²) in [5.74, 6) is -1.07. The quantitative estimate of drug-likeness (QED) is 0.584. The number of nitrogens with zero attached hydrogens (tertiary/aromatic N) is 1. The summed E-state index contributed by atoms with van der Waals surface area (Å²) in [4.78, 5) is 36.1. The van der Waals surface area contributed by atoms with E-state index in [0.717, 1.165) is 0 Å². The summed E-state index contributed by atoms with van der Waals surface area (Å²) in [6, 6.07) is 14.8. The Labute approximate surface area is 162 Å². The second-order valence-corrected chi connectivity index (χ2v) is 6.07. The molecule has 2 rings (SSSR count). The lowest BCUT2D eigenvalue weighted by Gasteiger charge is -2.18. The summed E-state index contributed by atoms with van der Waals surface area (Å²) >= 11 is 0. The molecule has 0 bridgehead atoms. The van der Waals surface area contributed by atoms with Crippen molar-refractivity contribution in [1.82, 2.24) is 0 Å². The lowest BCUT2D eigenvalue weighted by molar-refractivity contribution is -0.159. The number of nitriles is 1. The molecule has 2 aromatic carbocycles. The Kier molecular flexibility index (Phi) is 6.88. The van der Waals surface area contributed by atoms with Crippen molar-refractivity contribution in [3.63, 3.8) is 0 Å². The average molecular weight is 380 g/mol. The Bertz CT molecular complexity index is 915. The van der Waals surface area contributed by atoms with Gasteiger partial charge in [-0.1, -0.05) is 12.1 Å². The molecule has 2 aromatic rings. The van der Waals surface area contributed by atoms with Crippen molar-refractivity contribution >= 4 is 23.3 Å². The molecule has 1 amide bonds. The van der Waals surface area contributed by atoms with Gasteiger partial charge >= 0.3 is 5.97 Å². The van der Waals surface area contributed by atoms with Crippen molar-refractivity contribution in [3.05, 3.63) is 59.7 Å². The third-order valence-electron chi connectivity index (χ3n) is 3.85. The first kappa shape index (κ1) is 20.6. The van der Waals surface area contributed by atoms with Crippen molar-refractivity contribution in [1.29, 1.82) is 5.26 Å². The van der Waals surface area contributed by atoms with Crippen LogP contribution in [0.25, 0.3) is 0 Å². The molecule has 0 unspecified atom stereocenters. The van der Waals surface area contributed by atoms with E-state index < -0.39 is 24.1 Å². The van der Waals surface area contributed by atoms with E-state index in [0.29, 0.717) is 22.6 Å². The van der Waals surface area contributed by atoms with Crippen LogP contribution in [-0.4, -0.2) is 29.9 Å². The molecule has 2 atom stereocenters. The van der Waals surface area contributed by atoms with E-state index in [2.05, 4.69) is 5.32 Å². The van der Waals surface area contributed by atoms with Crippen LogP contribution in [0.2, 0.25) is 0 Å². The van der Waals surface area contributed by atoms with Crippen LogP contribution in [0.1, 0.15) is 36.7 Å². The first-order valence-corrected chi connectivity index (χ1v) is 8.60. The average Bonchev–Trinajstić information content (AvgIpc) is 2.68. The van der Waals surface area contributed by atoms with E-state index in [1.807, 2.05) is 6.07 Å². The highest BCUT2D eigenvalue weighted by Crippen LogP contribution is 2.17. The highest BCUT2D eigenvalue weighted by molar-refractivity contribution is 6.04. The Hall–Kier alpha value is -3.66. The van der Waals surface area contributed by atoms with Crippen LogP contribution in [0, 0.1) is 11.3 Å². The molecule has 0 fully saturated rings. The van der Waals surface area contributed by atoms with Gasteiger partial charge in [0.2, 0.25) is 0 Å². The number of carbonyl (C=O) groups is 3. The number of hydrogen-bond donors (Lipinski definition) is 1. The van der Waals surface area contributed by atoms with E-state index in [-0.39, 0.29) is 5.78 Å². The topological polar surface area (TPSA) is 105 Å². The smallest absolute Gasteiger partial charge is 0.347 e. The Morgan fingerprint density at radius 3 is 2.25 bits per heavy atom. The number of hydrogen-bond acceptors (Lipinski definition) is 6. The fraction of sp³-hybridized carbons (Fsp3) is 0.238. The molecule has 0 aliphatic heterocycles. The molecular weight excluding hydrogens is 360 g/mol. The van der Waals surface area contributed by atoms with Crippen LogP contribution in [0.5, 0.6) is 5.75 Å². The SMILES string of the molecule is CC(=O)c1ccccc1NC(=O)[C@H](C)OC(=O)[C@@H](C)Oc1ccc(C#N)cc1. The number of anilines is 1. The maximum absolute atomic E-state index is 12.3. The molecule has 0 saturated heterocycles. The number of amides is 1. The zero-order valence-electron chi connectivity index (χ0n) is 15.8. The van der Waals surface area contributed by atoms with E-state index in [4.69, 9.17) is 14.7 Å². The molecule has 144 valence electrons. The normalized spacial score (nSPS) is 12.2. The number of benzene rings is 2. The van der Waals surface area contributed by atoms with E-state index in [9.17, 15) is 14.4 Å². The van der Waals surface area contributed by atoms with E-state index >= 15 is 0 Å². The Balaban J connectivity index is 1.94. The van der Waals surface area contributed by atoms with Gasteiger partial charge in [-0.05, 0) is 57.2 Å². The third kappa shape index (κ3) is 5.42. The maximum atomic E-state index is 12.3. The van der Waals surface area contributed by atoms with Crippen LogP contribution in [0.4, 0.5) is 5.69 Å². The molecule has 7 nitrogen and oxygen atoms in total. The fourth-order valence-corrected chi connectivity index (χ4v) is 2.32. The standard InChI is InChI=1S/C21H20N2O5/c1-13(24)18-6-4-5-7-19(18)23-20(25)14(2)28-21(26)15(3)27-17-10-8-16(12-22)9-11-17/h4-11,14-15H,1-3H3,(H,23,25)/t14-,15+/m0/s1. The largest absolute Gasteiger partial charge is 0.479 e. The van der Waals surface area contributed by atoms with Crippen LogP contribution < -0.4 is 10.1 Å². The van der Waals surface area contributed by atoms with Crippen LogP contribution in [0.15, 0.2) is 48.5 Å². The van der Waals surface area contributed by atoms with Gasteiger partial charge in [0.05, 0.1) is 17.3 Å². The van der Waals surface area contributed by atoms with Gasteiger partial charge in [-0.15, -0.1) is 0 Å². The number of para-hydroxylation sites is 1. The van der Waals surface area contributed by atoms with Gasteiger partial charge in [0, 0.05) is 5.56 Å². The molecule has 1 N–H and O–H groups in total. The van der Waals surface area contributed by atoms with Gasteiger partial charge in [-0.25, -0.2) is 4.79 Å². The van der Waals surface area contributed by atoms with Crippen molar-refractivity contribution in [2.24, 2.45) is 0 Å². The van der Waals surface area contributed by atoms with Gasteiger partial charge in [-0.3, -0.25) is 9.59 Å². The highest BCUT2D eigenvalue weighted by Gasteiger charge is 2.24. The van der Waals surface area contributed by atoms with Crippen molar-refractivity contribution in [2.75, 3.05) is 5.32 Å². The minimum atomic E-state index is -1.08. The van der Waals surface area contributed by atoms with Gasteiger partial charge in [-0.2, -0.15) is 5.26 Å². The summed E-state index contributed by atoms with van der Waals surface area (Å²) in [5, 5.41) is 11.4. The Morgan fingerprint density at radius 1 is 1.00 bits per heavy atom. The molecule has 0 heterocycles. The highest BCUT2D eigenvalue weighted by atomic mass is 16.6. The molecule has 7 heteroatoms. The molecule has 0 aromatic heterocycles. The van der Waals surface area contributed by atoms with Crippen molar-refractivity contribution in [2.45, 2.75) is 33.0 Å². The lowest BCUT2D eigenvalue weighted by atomic mass is 10.1. The number of esters is 1. The molecule has 0 aliphatic carbocycles. The minimum absolute atomic E-state index is 0.190. The summed E-state index contributed by atoms with van der Waals surface area (Å²) < 4.78 is 10.6. The van der Waals surface area contributed by atoms with E-state index in [1.54, 1.807) is 48.5 Å². The molecule has 28 heavy (non-hydrogen) atoms. The minimum Gasteiger partial charge on any atom is -0.479 e. The predicted octanol–water partition coefficient (Wildman–Crippen LogP) is 3.10. The van der Waals surface area contributed by atoms with Crippen LogP contribution in [0.3, 0.4) is 0 Å². The van der Waals surface area contributed by atoms with Crippen molar-refractivity contribution in [3.8, 4) is 11.8 Å². The first-order valence-electron chi connectivity index (χ1n) is 8.60. The van der Waals surface area contributed by atoms with E-state index in [1.165, 1.54) is 20.8 Å². The van der Waals surface area contributed by atoms with Gasteiger partial charge < -0.3 is 14.8 Å². The number of ketones is 1. The molecular formula is C21H20N2O5. The van der Waals surface area contributed by atoms with Crippen molar-refractivity contribution < 1.29 is 23.9 Å². The monoisotopic (exact) mass is 380 g/mol. The summed E-state index contributed by atoms with van der Waals surface area (Å²) in [6.07, 6.45) is -2.03. The second-order valence-electron chi connectivity index (χ2n) is 6.07. The fourth-order valence-electron chi connectivity index (χ4n) is 2.32. The molecule has 0 aliphatic rings. The second kappa shape index (κ2) is 9.33. The van der Waals surface area contributed by atoms with Crippen LogP contribution >= 0.6 is 0 Å². The number of Topliss-reactive ketones (excluding diaryl/α,β-unsaturated/α-hetero) is 1. The number of rotatable bonds is 7. The van der Waals surface area contributed by atoms with Gasteiger partial charge in [0.25, 0.3) is 5.91 Å². The third-order valence-corrected chi connectivity index (χ3v) is 3.85. The molecule has 0 radical (unpaired) electrons.